The number of nitrogens with zero attached hydrogens (tertiary/aromatic N) is 3. The van der Waals surface area contributed by atoms with Crippen molar-refractivity contribution < 1.29 is 9.18 Å². The minimum Gasteiger partial charge on any atom is -0.384 e. The summed E-state index contributed by atoms with van der Waals surface area (Å²) >= 11 is 0. The zero-order valence-electron chi connectivity index (χ0n) is 15.8. The van der Waals surface area contributed by atoms with E-state index in [4.69, 9.17) is 0 Å². The molecule has 1 aliphatic rings. The fourth-order valence-corrected chi connectivity index (χ4v) is 3.30. The average Bonchev–Trinajstić information content (AvgIpc) is 2.71. The lowest BCUT2D eigenvalue weighted by molar-refractivity contribution is 0.0746. The van der Waals surface area contributed by atoms with Crippen molar-refractivity contribution in [3.8, 4) is 0 Å². The van der Waals surface area contributed by atoms with Crippen LogP contribution in [0.15, 0.2) is 42.7 Å². The molecule has 27 heavy (non-hydrogen) atoms. The van der Waals surface area contributed by atoms with Gasteiger partial charge in [-0.25, -0.2) is 4.39 Å². The number of carbonyl (C=O) groups excluding carboxylic acids is 1. The standard InChI is InChI=1S/C21H27FN4O/c1-2-3-6-9-24-18-14-17(15-23-16-18)21(27)26-12-10-25(11-13-26)20-8-5-4-7-19(20)22/h4-5,7-8,14-16,24H,2-3,6,9-13H2,1H3. The molecule has 2 heterocycles. The van der Waals surface area contributed by atoms with E-state index in [-0.39, 0.29) is 11.7 Å². The second kappa shape index (κ2) is 9.35. The highest BCUT2D eigenvalue weighted by Crippen LogP contribution is 2.21. The van der Waals surface area contributed by atoms with Crippen molar-refractivity contribution in [2.45, 2.75) is 26.2 Å². The molecule has 0 saturated carbocycles. The van der Waals surface area contributed by atoms with E-state index < -0.39 is 0 Å². The van der Waals surface area contributed by atoms with Crippen LogP contribution in [0.4, 0.5) is 15.8 Å². The fourth-order valence-electron chi connectivity index (χ4n) is 3.30. The largest absolute Gasteiger partial charge is 0.384 e. The first-order valence-corrected chi connectivity index (χ1v) is 9.66. The van der Waals surface area contributed by atoms with Gasteiger partial charge in [-0.05, 0) is 24.6 Å². The van der Waals surface area contributed by atoms with E-state index in [1.165, 1.54) is 18.9 Å². The lowest BCUT2D eigenvalue weighted by atomic mass is 10.2. The van der Waals surface area contributed by atoms with Gasteiger partial charge in [0.05, 0.1) is 16.9 Å². The smallest absolute Gasteiger partial charge is 0.255 e. The number of piperazine rings is 1. The quantitative estimate of drug-likeness (QED) is 0.754. The van der Waals surface area contributed by atoms with Crippen LogP contribution in [0.1, 0.15) is 36.5 Å². The Morgan fingerprint density at radius 2 is 1.93 bits per heavy atom. The molecule has 5 nitrogen and oxygen atoms in total. The van der Waals surface area contributed by atoms with E-state index >= 15 is 0 Å². The molecule has 1 aromatic carbocycles. The Labute approximate surface area is 160 Å². The number of pyridine rings is 1. The maximum absolute atomic E-state index is 14.0. The summed E-state index contributed by atoms with van der Waals surface area (Å²) in [5, 5.41) is 3.33. The number of benzene rings is 1. The van der Waals surface area contributed by atoms with Gasteiger partial charge in [-0.1, -0.05) is 31.9 Å². The van der Waals surface area contributed by atoms with Crippen molar-refractivity contribution in [1.29, 1.82) is 0 Å². The summed E-state index contributed by atoms with van der Waals surface area (Å²) in [5.74, 6) is -0.240. The van der Waals surface area contributed by atoms with Crippen molar-refractivity contribution in [2.24, 2.45) is 0 Å². The third-order valence-electron chi connectivity index (χ3n) is 4.85. The van der Waals surface area contributed by atoms with Crippen LogP contribution in [0.2, 0.25) is 0 Å². The maximum atomic E-state index is 14.0. The molecular formula is C21H27FN4O. The highest BCUT2D eigenvalue weighted by Gasteiger charge is 2.23. The molecule has 0 aliphatic carbocycles. The number of hydrogen-bond acceptors (Lipinski definition) is 4. The molecule has 3 rings (SSSR count). The second-order valence-electron chi connectivity index (χ2n) is 6.83. The number of amides is 1. The van der Waals surface area contributed by atoms with Crippen LogP contribution in [0.5, 0.6) is 0 Å². The fraction of sp³-hybridized carbons (Fsp3) is 0.429. The third-order valence-corrected chi connectivity index (χ3v) is 4.85. The minimum atomic E-state index is -0.219. The normalized spacial score (nSPS) is 14.3. The first-order valence-electron chi connectivity index (χ1n) is 9.66. The number of nitrogens with one attached hydrogen (secondary N) is 1. The SMILES string of the molecule is CCCCCNc1cncc(C(=O)N2CCN(c3ccccc3F)CC2)c1. The summed E-state index contributed by atoms with van der Waals surface area (Å²) in [4.78, 5) is 20.8. The number of carbonyl (C=O) groups is 1. The van der Waals surface area contributed by atoms with Crippen LogP contribution in [0.3, 0.4) is 0 Å². The number of unbranched alkanes of at least 4 members (excludes halogenated alkanes) is 2. The van der Waals surface area contributed by atoms with Gasteiger partial charge in [-0.2, -0.15) is 0 Å². The van der Waals surface area contributed by atoms with Crippen molar-refractivity contribution >= 4 is 17.3 Å². The Balaban J connectivity index is 1.57. The van der Waals surface area contributed by atoms with Gasteiger partial charge in [-0.3, -0.25) is 9.78 Å². The van der Waals surface area contributed by atoms with Crippen molar-refractivity contribution in [3.63, 3.8) is 0 Å². The summed E-state index contributed by atoms with van der Waals surface area (Å²) in [7, 11) is 0. The highest BCUT2D eigenvalue weighted by atomic mass is 19.1. The lowest BCUT2D eigenvalue weighted by Crippen LogP contribution is -2.49. The number of halogens is 1. The van der Waals surface area contributed by atoms with Crippen molar-refractivity contribution in [3.05, 3.63) is 54.1 Å². The van der Waals surface area contributed by atoms with E-state index in [9.17, 15) is 9.18 Å². The molecule has 6 heteroatoms. The molecule has 0 unspecified atom stereocenters. The molecule has 1 fully saturated rings. The first kappa shape index (κ1) is 19.1. The van der Waals surface area contributed by atoms with E-state index in [0.29, 0.717) is 37.4 Å². The molecule has 1 N–H and O–H groups in total. The van der Waals surface area contributed by atoms with Crippen LogP contribution in [-0.2, 0) is 0 Å². The number of hydrogen-bond donors (Lipinski definition) is 1. The summed E-state index contributed by atoms with van der Waals surface area (Å²) in [6.07, 6.45) is 6.83. The lowest BCUT2D eigenvalue weighted by Gasteiger charge is -2.36. The van der Waals surface area contributed by atoms with E-state index in [1.807, 2.05) is 21.9 Å². The molecule has 1 amide bonds. The van der Waals surface area contributed by atoms with E-state index in [1.54, 1.807) is 24.5 Å². The highest BCUT2D eigenvalue weighted by molar-refractivity contribution is 5.95. The number of para-hydroxylation sites is 1. The molecule has 1 aromatic heterocycles. The van der Waals surface area contributed by atoms with Crippen LogP contribution >= 0.6 is 0 Å². The Kier molecular flexibility index (Phi) is 6.63. The number of aromatic nitrogens is 1. The van der Waals surface area contributed by atoms with Crippen LogP contribution in [0, 0.1) is 5.82 Å². The van der Waals surface area contributed by atoms with Crippen LogP contribution in [-0.4, -0.2) is 48.5 Å². The van der Waals surface area contributed by atoms with Crippen molar-refractivity contribution in [2.75, 3.05) is 42.9 Å². The second-order valence-corrected chi connectivity index (χ2v) is 6.83. The van der Waals surface area contributed by atoms with Gasteiger partial charge >= 0.3 is 0 Å². The average molecular weight is 370 g/mol. The van der Waals surface area contributed by atoms with Crippen LogP contribution < -0.4 is 10.2 Å². The summed E-state index contributed by atoms with van der Waals surface area (Å²) in [6, 6.07) is 8.64. The summed E-state index contributed by atoms with van der Waals surface area (Å²) < 4.78 is 14.0. The molecule has 144 valence electrons. The minimum absolute atomic E-state index is 0.0205. The maximum Gasteiger partial charge on any atom is 0.255 e. The van der Waals surface area contributed by atoms with Crippen LogP contribution in [0.25, 0.3) is 0 Å². The molecule has 0 atom stereocenters. The topological polar surface area (TPSA) is 48.5 Å². The Morgan fingerprint density at radius 1 is 1.15 bits per heavy atom. The van der Waals surface area contributed by atoms with Gasteiger partial charge in [0.25, 0.3) is 5.91 Å². The Bertz CT molecular complexity index is 759. The predicted molar refractivity (Wildman–Crippen MR) is 107 cm³/mol. The molecule has 1 aliphatic heterocycles. The predicted octanol–water partition coefficient (Wildman–Crippen LogP) is 3.79. The van der Waals surface area contributed by atoms with Gasteiger partial charge < -0.3 is 15.1 Å². The van der Waals surface area contributed by atoms with Gasteiger partial charge in [-0.15, -0.1) is 0 Å². The van der Waals surface area contributed by atoms with E-state index in [0.717, 1.165) is 18.7 Å². The number of anilines is 2. The zero-order chi connectivity index (χ0) is 19.1. The molecule has 0 spiro atoms. The first-order chi connectivity index (χ1) is 13.2. The Hall–Kier alpha value is -2.63. The molecule has 2 aromatic rings. The van der Waals surface area contributed by atoms with Gasteiger partial charge in [0.15, 0.2) is 0 Å². The van der Waals surface area contributed by atoms with Gasteiger partial charge in [0, 0.05) is 45.1 Å². The summed E-state index contributed by atoms with van der Waals surface area (Å²) in [6.45, 7) is 5.44. The summed E-state index contributed by atoms with van der Waals surface area (Å²) in [5.41, 5.74) is 2.07. The molecule has 0 bridgehead atoms. The van der Waals surface area contributed by atoms with Gasteiger partial charge in [0.2, 0.25) is 0 Å². The molecule has 1 saturated heterocycles. The zero-order valence-corrected chi connectivity index (χ0v) is 15.8. The van der Waals surface area contributed by atoms with Crippen molar-refractivity contribution in [1.82, 2.24) is 9.88 Å². The third kappa shape index (κ3) is 4.96. The number of rotatable bonds is 7. The van der Waals surface area contributed by atoms with E-state index in [2.05, 4.69) is 17.2 Å². The molecular weight excluding hydrogens is 343 g/mol. The molecule has 0 radical (unpaired) electrons. The Morgan fingerprint density at radius 3 is 2.67 bits per heavy atom. The monoisotopic (exact) mass is 370 g/mol. The van der Waals surface area contributed by atoms with Gasteiger partial charge in [0.1, 0.15) is 5.82 Å².